The summed E-state index contributed by atoms with van der Waals surface area (Å²) < 4.78 is 37.2. The molecule has 0 aromatic heterocycles. The predicted octanol–water partition coefficient (Wildman–Crippen LogP) is 1.41. The van der Waals surface area contributed by atoms with Crippen LogP contribution in [0.3, 0.4) is 0 Å². The molecule has 1 saturated carbocycles. The molecular weight excluding hydrogens is 269 g/mol. The van der Waals surface area contributed by atoms with Gasteiger partial charge in [0.2, 0.25) is 5.91 Å². The lowest BCUT2D eigenvalue weighted by Gasteiger charge is -2.13. The summed E-state index contributed by atoms with van der Waals surface area (Å²) in [6.45, 7) is 1.37. The van der Waals surface area contributed by atoms with E-state index in [1.165, 1.54) is 31.2 Å². The summed E-state index contributed by atoms with van der Waals surface area (Å²) in [5.41, 5.74) is 0.353. The van der Waals surface area contributed by atoms with Crippen LogP contribution in [0.4, 0.5) is 4.39 Å². The van der Waals surface area contributed by atoms with Crippen molar-refractivity contribution in [3.05, 3.63) is 35.6 Å². The number of rotatable bonds is 5. The van der Waals surface area contributed by atoms with E-state index in [2.05, 4.69) is 5.32 Å². The second-order valence-electron chi connectivity index (χ2n) is 4.86. The maximum absolute atomic E-state index is 13.0. The molecule has 19 heavy (non-hydrogen) atoms. The van der Waals surface area contributed by atoms with Gasteiger partial charge in [0.15, 0.2) is 9.84 Å². The third-order valence-corrected chi connectivity index (χ3v) is 5.12. The van der Waals surface area contributed by atoms with E-state index in [1.54, 1.807) is 0 Å². The number of benzene rings is 1. The minimum absolute atomic E-state index is 0.124. The predicted molar refractivity (Wildman–Crippen MR) is 69.7 cm³/mol. The van der Waals surface area contributed by atoms with Gasteiger partial charge < -0.3 is 5.32 Å². The molecule has 4 nitrogen and oxygen atoms in total. The van der Waals surface area contributed by atoms with Gasteiger partial charge in [0.1, 0.15) is 11.1 Å². The molecule has 6 heteroatoms. The Balaban J connectivity index is 2.06. The van der Waals surface area contributed by atoms with Gasteiger partial charge in [0, 0.05) is 6.04 Å². The smallest absolute Gasteiger partial charge is 0.238 e. The summed E-state index contributed by atoms with van der Waals surface area (Å²) in [4.78, 5) is 11.7. The Hall–Kier alpha value is -1.43. The first-order chi connectivity index (χ1) is 8.88. The van der Waals surface area contributed by atoms with Crippen LogP contribution in [-0.4, -0.2) is 25.6 Å². The highest BCUT2D eigenvalue weighted by molar-refractivity contribution is 7.92. The van der Waals surface area contributed by atoms with Crippen molar-refractivity contribution in [1.29, 1.82) is 0 Å². The van der Waals surface area contributed by atoms with Gasteiger partial charge in [-0.1, -0.05) is 12.1 Å². The summed E-state index contributed by atoms with van der Waals surface area (Å²) in [6, 6.07) is 5.53. The molecule has 1 unspecified atom stereocenters. The molecule has 104 valence electrons. The zero-order chi connectivity index (χ0) is 14.0. The number of hydrogen-bond acceptors (Lipinski definition) is 3. The number of carbonyl (C=O) groups excluding carboxylic acids is 1. The fourth-order valence-corrected chi connectivity index (χ4v) is 2.98. The lowest BCUT2D eigenvalue weighted by atomic mass is 10.2. The van der Waals surface area contributed by atoms with Crippen molar-refractivity contribution in [1.82, 2.24) is 5.32 Å². The second kappa shape index (κ2) is 5.28. The first kappa shape index (κ1) is 14.0. The zero-order valence-electron chi connectivity index (χ0n) is 10.6. The molecule has 1 atom stereocenters. The Bertz CT molecular complexity index is 581. The van der Waals surface area contributed by atoms with E-state index in [9.17, 15) is 17.6 Å². The minimum atomic E-state index is -3.63. The van der Waals surface area contributed by atoms with Crippen molar-refractivity contribution < 1.29 is 17.6 Å². The van der Waals surface area contributed by atoms with E-state index < -0.39 is 26.8 Å². The Kier molecular flexibility index (Phi) is 3.89. The van der Waals surface area contributed by atoms with Gasteiger partial charge >= 0.3 is 0 Å². The van der Waals surface area contributed by atoms with Gasteiger partial charge in [-0.25, -0.2) is 12.8 Å². The standard InChI is InChI=1S/C13H16FNO3S/c1-9(13(16)15-12-5-6-12)19(17,18)8-10-3-2-4-11(14)7-10/h2-4,7,9,12H,5-6,8H2,1H3,(H,15,16). The van der Waals surface area contributed by atoms with Crippen molar-refractivity contribution >= 4 is 15.7 Å². The average Bonchev–Trinajstić information content (AvgIpc) is 3.11. The second-order valence-corrected chi connectivity index (χ2v) is 7.18. The Morgan fingerprint density at radius 1 is 1.47 bits per heavy atom. The number of amides is 1. The van der Waals surface area contributed by atoms with E-state index in [0.717, 1.165) is 12.8 Å². The molecule has 0 heterocycles. The number of nitrogens with one attached hydrogen (secondary N) is 1. The first-order valence-corrected chi connectivity index (χ1v) is 7.86. The molecule has 2 rings (SSSR count). The van der Waals surface area contributed by atoms with Crippen LogP contribution in [-0.2, 0) is 20.4 Å². The lowest BCUT2D eigenvalue weighted by Crippen LogP contribution is -2.39. The normalized spacial score (nSPS) is 16.9. The van der Waals surface area contributed by atoms with Crippen LogP contribution in [0.15, 0.2) is 24.3 Å². The Morgan fingerprint density at radius 2 is 2.16 bits per heavy atom. The van der Waals surface area contributed by atoms with E-state index in [1.807, 2.05) is 0 Å². The molecule has 1 N–H and O–H groups in total. The molecule has 0 saturated heterocycles. The van der Waals surface area contributed by atoms with E-state index in [0.29, 0.717) is 5.56 Å². The molecule has 0 aliphatic heterocycles. The monoisotopic (exact) mass is 285 g/mol. The third-order valence-electron chi connectivity index (χ3n) is 3.09. The van der Waals surface area contributed by atoms with Crippen LogP contribution in [0, 0.1) is 5.82 Å². The number of sulfone groups is 1. The molecule has 0 radical (unpaired) electrons. The first-order valence-electron chi connectivity index (χ1n) is 6.15. The summed E-state index contributed by atoms with van der Waals surface area (Å²) in [7, 11) is -3.63. The van der Waals surface area contributed by atoms with Crippen molar-refractivity contribution in [2.75, 3.05) is 0 Å². The summed E-state index contributed by atoms with van der Waals surface area (Å²) in [5.74, 6) is -1.29. The minimum Gasteiger partial charge on any atom is -0.352 e. The van der Waals surface area contributed by atoms with Gasteiger partial charge in [-0.2, -0.15) is 0 Å². The zero-order valence-corrected chi connectivity index (χ0v) is 11.4. The molecule has 1 aliphatic carbocycles. The van der Waals surface area contributed by atoms with E-state index in [4.69, 9.17) is 0 Å². The molecule has 0 spiro atoms. The molecule has 1 aromatic rings. The van der Waals surface area contributed by atoms with Gasteiger partial charge in [-0.05, 0) is 37.5 Å². The molecule has 0 bridgehead atoms. The van der Waals surface area contributed by atoms with Crippen LogP contribution < -0.4 is 5.32 Å². The van der Waals surface area contributed by atoms with Crippen molar-refractivity contribution in [3.8, 4) is 0 Å². The Morgan fingerprint density at radius 3 is 2.74 bits per heavy atom. The topological polar surface area (TPSA) is 63.2 Å². The van der Waals surface area contributed by atoms with E-state index >= 15 is 0 Å². The number of halogens is 1. The van der Waals surface area contributed by atoms with Gasteiger partial charge in [0.05, 0.1) is 5.75 Å². The van der Waals surface area contributed by atoms with Crippen molar-refractivity contribution in [2.45, 2.75) is 36.8 Å². The van der Waals surface area contributed by atoms with Crippen LogP contribution >= 0.6 is 0 Å². The largest absolute Gasteiger partial charge is 0.352 e. The highest BCUT2D eigenvalue weighted by Gasteiger charge is 2.32. The van der Waals surface area contributed by atoms with E-state index in [-0.39, 0.29) is 11.8 Å². The summed E-state index contributed by atoms with van der Waals surface area (Å²) in [5, 5.41) is 1.55. The summed E-state index contributed by atoms with van der Waals surface area (Å²) >= 11 is 0. The SMILES string of the molecule is CC(C(=O)NC1CC1)S(=O)(=O)Cc1cccc(F)c1. The lowest BCUT2D eigenvalue weighted by molar-refractivity contribution is -0.120. The Labute approximate surface area is 111 Å². The molecular formula is C13H16FNO3S. The maximum Gasteiger partial charge on any atom is 0.238 e. The third kappa shape index (κ3) is 3.76. The average molecular weight is 285 g/mol. The number of hydrogen-bond donors (Lipinski definition) is 1. The molecule has 1 fully saturated rings. The van der Waals surface area contributed by atoms with Crippen LogP contribution in [0.25, 0.3) is 0 Å². The van der Waals surface area contributed by atoms with Crippen LogP contribution in [0.1, 0.15) is 25.3 Å². The van der Waals surface area contributed by atoms with Gasteiger partial charge in [-0.15, -0.1) is 0 Å². The highest BCUT2D eigenvalue weighted by atomic mass is 32.2. The number of carbonyl (C=O) groups is 1. The van der Waals surface area contributed by atoms with Gasteiger partial charge in [0.25, 0.3) is 0 Å². The van der Waals surface area contributed by atoms with Gasteiger partial charge in [-0.3, -0.25) is 4.79 Å². The van der Waals surface area contributed by atoms with Crippen molar-refractivity contribution in [3.63, 3.8) is 0 Å². The van der Waals surface area contributed by atoms with Crippen LogP contribution in [0.5, 0.6) is 0 Å². The fraction of sp³-hybridized carbons (Fsp3) is 0.462. The molecule has 1 aliphatic rings. The highest BCUT2D eigenvalue weighted by Crippen LogP contribution is 2.20. The quantitative estimate of drug-likeness (QED) is 0.889. The fourth-order valence-electron chi connectivity index (χ4n) is 1.69. The molecule has 1 amide bonds. The van der Waals surface area contributed by atoms with Crippen molar-refractivity contribution in [2.24, 2.45) is 0 Å². The maximum atomic E-state index is 13.0. The van der Waals surface area contributed by atoms with Crippen LogP contribution in [0.2, 0.25) is 0 Å². The molecule has 1 aromatic carbocycles. The summed E-state index contributed by atoms with van der Waals surface area (Å²) in [6.07, 6.45) is 1.81.